The molecular weight excluding hydrogens is 555 g/mol. The summed E-state index contributed by atoms with van der Waals surface area (Å²) >= 11 is 16.1. The fourth-order valence-electron chi connectivity index (χ4n) is 4.20. The van der Waals surface area contributed by atoms with E-state index in [1.165, 1.54) is 0 Å². The quantitative estimate of drug-likeness (QED) is 0.327. The van der Waals surface area contributed by atoms with E-state index >= 15 is 0 Å². The van der Waals surface area contributed by atoms with Gasteiger partial charge in [-0.3, -0.25) is 4.79 Å². The Balaban J connectivity index is 1.56. The van der Waals surface area contributed by atoms with Crippen LogP contribution in [0.5, 0.6) is 5.75 Å². The number of amides is 2. The van der Waals surface area contributed by atoms with Crippen LogP contribution in [-0.4, -0.2) is 35.1 Å². The van der Waals surface area contributed by atoms with Gasteiger partial charge in [-0.2, -0.15) is 0 Å². The Kier molecular flexibility index (Phi) is 8.21. The molecule has 2 atom stereocenters. The lowest BCUT2D eigenvalue weighted by Crippen LogP contribution is -2.52. The first-order chi connectivity index (χ1) is 16.8. The molecule has 35 heavy (non-hydrogen) atoms. The van der Waals surface area contributed by atoms with Crippen LogP contribution in [0.2, 0.25) is 10.0 Å². The molecule has 2 N–H and O–H groups in total. The highest BCUT2D eigenvalue weighted by Crippen LogP contribution is 2.35. The molecule has 2 amide bonds. The van der Waals surface area contributed by atoms with E-state index in [1.54, 1.807) is 29.2 Å². The number of carbonyl (C=O) groups excluding carboxylic acids is 1. The third kappa shape index (κ3) is 6.28. The van der Waals surface area contributed by atoms with Crippen LogP contribution in [0.25, 0.3) is 0 Å². The van der Waals surface area contributed by atoms with Gasteiger partial charge in [-0.05, 0) is 35.4 Å². The van der Waals surface area contributed by atoms with Crippen molar-refractivity contribution in [3.05, 3.63) is 97.9 Å². The number of benzene rings is 3. The summed E-state index contributed by atoms with van der Waals surface area (Å²) in [4.78, 5) is 26.5. The molecule has 1 heterocycles. The maximum absolute atomic E-state index is 12.7. The van der Waals surface area contributed by atoms with Gasteiger partial charge in [0.05, 0.1) is 17.5 Å². The number of hydrogen-bond acceptors (Lipinski definition) is 3. The lowest BCUT2D eigenvalue weighted by molar-refractivity contribution is -0.140. The van der Waals surface area contributed by atoms with Crippen molar-refractivity contribution in [1.29, 1.82) is 0 Å². The number of rotatable bonds is 8. The first-order valence-corrected chi connectivity index (χ1v) is 12.5. The van der Waals surface area contributed by atoms with Gasteiger partial charge in [-0.15, -0.1) is 0 Å². The molecule has 0 radical (unpaired) electrons. The molecule has 182 valence electrons. The smallest absolute Gasteiger partial charge is 0.317 e. The zero-order valence-corrected chi connectivity index (χ0v) is 21.7. The number of nitrogens with one attached hydrogen (secondary N) is 1. The van der Waals surface area contributed by atoms with Gasteiger partial charge in [0.1, 0.15) is 12.4 Å². The number of carboxylic acid groups (broad SMARTS) is 1. The summed E-state index contributed by atoms with van der Waals surface area (Å²) in [5.74, 6) is -1.58. The normalized spacial score (nSPS) is 16.5. The van der Waals surface area contributed by atoms with Gasteiger partial charge in [-0.1, -0.05) is 81.6 Å². The number of halogens is 3. The van der Waals surface area contributed by atoms with Gasteiger partial charge in [0.15, 0.2) is 0 Å². The molecule has 9 heteroatoms. The Morgan fingerprint density at radius 3 is 2.54 bits per heavy atom. The zero-order chi connectivity index (χ0) is 24.9. The fourth-order valence-corrected chi connectivity index (χ4v) is 4.99. The molecule has 3 aromatic rings. The zero-order valence-electron chi connectivity index (χ0n) is 18.6. The maximum Gasteiger partial charge on any atom is 0.317 e. The van der Waals surface area contributed by atoms with Crippen LogP contribution in [0.4, 0.5) is 4.79 Å². The Morgan fingerprint density at radius 2 is 1.86 bits per heavy atom. The molecular formula is C26H23BrCl2N2O4. The van der Waals surface area contributed by atoms with Crippen molar-refractivity contribution in [1.82, 2.24) is 10.2 Å². The van der Waals surface area contributed by atoms with Crippen molar-refractivity contribution in [2.75, 3.05) is 13.1 Å². The number of aliphatic carboxylic acids is 1. The number of urea groups is 1. The van der Waals surface area contributed by atoms with Gasteiger partial charge in [0.2, 0.25) is 0 Å². The molecule has 0 bridgehead atoms. The average molecular weight is 578 g/mol. The Bertz CT molecular complexity index is 1210. The molecule has 6 nitrogen and oxygen atoms in total. The summed E-state index contributed by atoms with van der Waals surface area (Å²) in [6, 6.07) is 19.9. The fraction of sp³-hybridized carbons (Fsp3) is 0.231. The molecule has 3 aromatic carbocycles. The van der Waals surface area contributed by atoms with E-state index in [0.29, 0.717) is 33.5 Å². The molecule has 0 saturated carbocycles. The lowest BCUT2D eigenvalue weighted by Gasteiger charge is -2.36. The Morgan fingerprint density at radius 1 is 1.14 bits per heavy atom. The highest BCUT2D eigenvalue weighted by molar-refractivity contribution is 9.10. The van der Waals surface area contributed by atoms with Gasteiger partial charge in [0, 0.05) is 34.1 Å². The van der Waals surface area contributed by atoms with Gasteiger partial charge in [0.25, 0.3) is 0 Å². The van der Waals surface area contributed by atoms with Crippen LogP contribution in [-0.2, 0) is 17.9 Å². The maximum atomic E-state index is 12.7. The summed E-state index contributed by atoms with van der Waals surface area (Å²) in [6.45, 7) is 0.961. The van der Waals surface area contributed by atoms with E-state index in [0.717, 1.165) is 10.0 Å². The lowest BCUT2D eigenvalue weighted by atomic mass is 9.84. The molecule has 1 aliphatic rings. The van der Waals surface area contributed by atoms with Crippen molar-refractivity contribution in [2.45, 2.75) is 19.1 Å². The predicted octanol–water partition coefficient (Wildman–Crippen LogP) is 6.34. The predicted molar refractivity (Wildman–Crippen MR) is 139 cm³/mol. The number of ether oxygens (including phenoxy) is 1. The highest BCUT2D eigenvalue weighted by atomic mass is 79.9. The van der Waals surface area contributed by atoms with E-state index in [9.17, 15) is 14.7 Å². The van der Waals surface area contributed by atoms with Crippen LogP contribution in [0.1, 0.15) is 22.6 Å². The van der Waals surface area contributed by atoms with Crippen LogP contribution < -0.4 is 10.1 Å². The minimum atomic E-state index is -0.940. The third-order valence-corrected chi connectivity index (χ3v) is 7.01. The van der Waals surface area contributed by atoms with Crippen LogP contribution in [0.3, 0.4) is 0 Å². The first kappa shape index (κ1) is 25.4. The van der Waals surface area contributed by atoms with E-state index in [4.69, 9.17) is 27.9 Å². The van der Waals surface area contributed by atoms with Crippen molar-refractivity contribution in [3.63, 3.8) is 0 Å². The topological polar surface area (TPSA) is 78.9 Å². The minimum Gasteiger partial charge on any atom is -0.488 e. The van der Waals surface area contributed by atoms with Crippen LogP contribution in [0.15, 0.2) is 71.2 Å². The summed E-state index contributed by atoms with van der Waals surface area (Å²) in [5.41, 5.74) is 2.26. The Labute approximate surface area is 221 Å². The highest BCUT2D eigenvalue weighted by Gasteiger charge is 2.36. The largest absolute Gasteiger partial charge is 0.488 e. The van der Waals surface area contributed by atoms with Crippen LogP contribution >= 0.6 is 39.1 Å². The third-order valence-electron chi connectivity index (χ3n) is 5.93. The minimum absolute atomic E-state index is 0.148. The second-order valence-corrected chi connectivity index (χ2v) is 10.1. The molecule has 1 saturated heterocycles. The van der Waals surface area contributed by atoms with Crippen LogP contribution in [0, 0.1) is 5.92 Å². The SMILES string of the molecule is O=C(O)C(c1ccc(Br)cc1)C1CNC(=O)N(Cc2c(Cl)cc(Cl)cc2OCc2ccccc2)C1. The van der Waals surface area contributed by atoms with Crippen molar-refractivity contribution in [2.24, 2.45) is 5.92 Å². The monoisotopic (exact) mass is 576 g/mol. The number of nitrogens with zero attached hydrogens (tertiary/aromatic N) is 1. The average Bonchev–Trinajstić information content (AvgIpc) is 2.83. The molecule has 2 unspecified atom stereocenters. The summed E-state index contributed by atoms with van der Waals surface area (Å²) in [5, 5.41) is 13.6. The van der Waals surface area contributed by atoms with E-state index in [2.05, 4.69) is 21.2 Å². The van der Waals surface area contributed by atoms with Crippen molar-refractivity contribution >= 4 is 51.1 Å². The summed E-state index contributed by atoms with van der Waals surface area (Å²) < 4.78 is 6.89. The first-order valence-electron chi connectivity index (χ1n) is 11.0. The second-order valence-electron chi connectivity index (χ2n) is 8.33. The van der Waals surface area contributed by atoms with Crippen molar-refractivity contribution < 1.29 is 19.4 Å². The summed E-state index contributed by atoms with van der Waals surface area (Å²) in [6.07, 6.45) is 0. The van der Waals surface area contributed by atoms with Gasteiger partial charge < -0.3 is 20.1 Å². The number of carboxylic acids is 1. The Hall–Kier alpha value is -2.74. The van der Waals surface area contributed by atoms with E-state index < -0.39 is 11.9 Å². The molecule has 0 aliphatic carbocycles. The molecule has 4 rings (SSSR count). The molecule has 0 spiro atoms. The van der Waals surface area contributed by atoms with Gasteiger partial charge in [-0.25, -0.2) is 4.79 Å². The van der Waals surface area contributed by atoms with E-state index in [-0.39, 0.29) is 31.6 Å². The second kappa shape index (κ2) is 11.3. The number of carbonyl (C=O) groups is 2. The summed E-state index contributed by atoms with van der Waals surface area (Å²) in [7, 11) is 0. The molecule has 1 fully saturated rings. The standard InChI is InChI=1S/C26H23BrCl2N2O4/c27-19-8-6-17(7-9-19)24(25(32)33)18-12-30-26(34)31(13-18)14-21-22(29)10-20(28)11-23(21)35-15-16-4-2-1-3-5-16/h1-11,18,24H,12-15H2,(H,30,34)(H,32,33). The van der Waals surface area contributed by atoms with Crippen molar-refractivity contribution in [3.8, 4) is 5.75 Å². The van der Waals surface area contributed by atoms with E-state index in [1.807, 2.05) is 42.5 Å². The van der Waals surface area contributed by atoms with Gasteiger partial charge >= 0.3 is 12.0 Å². The molecule has 0 aromatic heterocycles. The molecule has 1 aliphatic heterocycles. The number of hydrogen-bond donors (Lipinski definition) is 2.